The van der Waals surface area contributed by atoms with Gasteiger partial charge in [-0.05, 0) is 42.4 Å². The molecule has 0 nitrogen and oxygen atoms in total. The summed E-state index contributed by atoms with van der Waals surface area (Å²) >= 11 is 0. The lowest BCUT2D eigenvalue weighted by Gasteiger charge is -2.36. The SMILES string of the molecule is CC1C2CC1C1CC21. The Morgan fingerprint density at radius 2 is 1.38 bits per heavy atom. The lowest BCUT2D eigenvalue weighted by molar-refractivity contribution is 0.127. The van der Waals surface area contributed by atoms with Crippen LogP contribution in [0.2, 0.25) is 0 Å². The molecular formula is C8H12. The Balaban J connectivity index is 2.01. The first kappa shape index (κ1) is 3.92. The van der Waals surface area contributed by atoms with E-state index in [1.807, 2.05) is 0 Å². The molecule has 0 radical (unpaired) electrons. The lowest BCUT2D eigenvalue weighted by atomic mass is 9.69. The van der Waals surface area contributed by atoms with E-state index in [4.69, 9.17) is 0 Å². The van der Waals surface area contributed by atoms with Crippen LogP contribution >= 0.6 is 0 Å². The Morgan fingerprint density at radius 1 is 0.875 bits per heavy atom. The van der Waals surface area contributed by atoms with Gasteiger partial charge in [0, 0.05) is 0 Å². The second-order valence-corrected chi connectivity index (χ2v) is 3.99. The predicted octanol–water partition coefficient (Wildman–Crippen LogP) is 1.91. The molecule has 0 aromatic rings. The van der Waals surface area contributed by atoms with Gasteiger partial charge in [-0.3, -0.25) is 0 Å². The minimum absolute atomic E-state index is 1.14. The Kier molecular flexibility index (Phi) is 0.427. The zero-order chi connectivity index (χ0) is 5.30. The summed E-state index contributed by atoms with van der Waals surface area (Å²) < 4.78 is 0. The average molecular weight is 108 g/mol. The molecule has 4 atom stereocenters. The van der Waals surface area contributed by atoms with E-state index in [2.05, 4.69) is 6.92 Å². The molecule has 4 aliphatic rings. The lowest BCUT2D eigenvalue weighted by Crippen LogP contribution is -2.29. The highest BCUT2D eigenvalue weighted by atomic mass is 14.7. The monoisotopic (exact) mass is 108 g/mol. The third-order valence-electron chi connectivity index (χ3n) is 3.89. The van der Waals surface area contributed by atoms with Gasteiger partial charge in [-0.25, -0.2) is 0 Å². The topological polar surface area (TPSA) is 0 Å². The van der Waals surface area contributed by atoms with E-state index < -0.39 is 0 Å². The van der Waals surface area contributed by atoms with E-state index in [0.717, 1.165) is 5.92 Å². The summed E-state index contributed by atoms with van der Waals surface area (Å²) in [5, 5.41) is 0. The van der Waals surface area contributed by atoms with Crippen molar-refractivity contribution in [2.45, 2.75) is 19.8 Å². The van der Waals surface area contributed by atoms with E-state index in [0.29, 0.717) is 0 Å². The van der Waals surface area contributed by atoms with Gasteiger partial charge in [0.1, 0.15) is 0 Å². The van der Waals surface area contributed by atoms with E-state index in [1.54, 1.807) is 12.8 Å². The van der Waals surface area contributed by atoms with Crippen molar-refractivity contribution in [1.29, 1.82) is 0 Å². The number of hydrogen-bond acceptors (Lipinski definition) is 0. The molecule has 4 unspecified atom stereocenters. The minimum atomic E-state index is 1.14. The molecule has 0 heteroatoms. The highest BCUT2D eigenvalue weighted by Crippen LogP contribution is 2.72. The molecule has 44 valence electrons. The number of rotatable bonds is 0. The van der Waals surface area contributed by atoms with Gasteiger partial charge in [0.25, 0.3) is 0 Å². The largest absolute Gasteiger partial charge is 0.0620 e. The first-order valence-corrected chi connectivity index (χ1v) is 3.88. The van der Waals surface area contributed by atoms with Gasteiger partial charge in [-0.2, -0.15) is 0 Å². The molecule has 2 bridgehead atoms. The highest BCUT2D eigenvalue weighted by Gasteiger charge is 2.65. The van der Waals surface area contributed by atoms with Crippen molar-refractivity contribution >= 4 is 0 Å². The summed E-state index contributed by atoms with van der Waals surface area (Å²) in [7, 11) is 0. The summed E-state index contributed by atoms with van der Waals surface area (Å²) in [6.45, 7) is 2.45. The van der Waals surface area contributed by atoms with Crippen LogP contribution in [0.25, 0.3) is 0 Å². The molecule has 8 heavy (non-hydrogen) atoms. The quantitative estimate of drug-likeness (QED) is 0.444. The van der Waals surface area contributed by atoms with Crippen LogP contribution in [0, 0.1) is 29.6 Å². The Morgan fingerprint density at radius 3 is 1.62 bits per heavy atom. The fourth-order valence-electron chi connectivity index (χ4n) is 3.21. The Hall–Kier alpha value is 0. The van der Waals surface area contributed by atoms with E-state index in [9.17, 15) is 0 Å². The van der Waals surface area contributed by atoms with Crippen LogP contribution in [0.5, 0.6) is 0 Å². The van der Waals surface area contributed by atoms with Crippen LogP contribution in [0.1, 0.15) is 19.8 Å². The maximum atomic E-state index is 2.45. The van der Waals surface area contributed by atoms with Gasteiger partial charge in [-0.15, -0.1) is 0 Å². The van der Waals surface area contributed by atoms with Gasteiger partial charge >= 0.3 is 0 Å². The second-order valence-electron chi connectivity index (χ2n) is 3.99. The summed E-state index contributed by atoms with van der Waals surface area (Å²) in [6, 6.07) is 0. The molecule has 0 aliphatic heterocycles. The van der Waals surface area contributed by atoms with E-state index in [1.165, 1.54) is 23.7 Å². The van der Waals surface area contributed by atoms with Crippen LogP contribution in [-0.2, 0) is 0 Å². The standard InChI is InChI=1S/C8H12/c1-4-5-2-6(4)8-3-7(5)8/h4-8H,2-3H2,1H3. The van der Waals surface area contributed by atoms with Crippen LogP contribution in [0.4, 0.5) is 0 Å². The molecule has 0 saturated heterocycles. The van der Waals surface area contributed by atoms with Crippen molar-refractivity contribution in [3.05, 3.63) is 0 Å². The van der Waals surface area contributed by atoms with E-state index in [-0.39, 0.29) is 0 Å². The fourth-order valence-corrected chi connectivity index (χ4v) is 3.21. The van der Waals surface area contributed by atoms with Crippen molar-refractivity contribution in [2.24, 2.45) is 29.6 Å². The van der Waals surface area contributed by atoms with Crippen LogP contribution in [0.3, 0.4) is 0 Å². The molecule has 0 aromatic carbocycles. The molecule has 4 rings (SSSR count). The minimum Gasteiger partial charge on any atom is -0.0620 e. The average Bonchev–Trinajstić information content (AvgIpc) is 2.36. The van der Waals surface area contributed by atoms with Gasteiger partial charge in [0.15, 0.2) is 0 Å². The molecule has 0 heterocycles. The Bertz CT molecular complexity index is 121. The fraction of sp³-hybridized carbons (Fsp3) is 1.00. The van der Waals surface area contributed by atoms with Gasteiger partial charge < -0.3 is 0 Å². The molecule has 0 N–H and O–H groups in total. The van der Waals surface area contributed by atoms with Crippen molar-refractivity contribution < 1.29 is 0 Å². The summed E-state index contributed by atoms with van der Waals surface area (Å²) in [5.41, 5.74) is 0. The predicted molar refractivity (Wildman–Crippen MR) is 32.4 cm³/mol. The summed E-state index contributed by atoms with van der Waals surface area (Å²) in [5.74, 6) is 6.00. The normalized spacial score (nSPS) is 73.9. The maximum Gasteiger partial charge on any atom is -0.0349 e. The van der Waals surface area contributed by atoms with E-state index >= 15 is 0 Å². The van der Waals surface area contributed by atoms with Gasteiger partial charge in [0.2, 0.25) is 0 Å². The molecule has 4 aliphatic carbocycles. The molecule has 0 spiro atoms. The maximum absolute atomic E-state index is 2.45. The zero-order valence-corrected chi connectivity index (χ0v) is 5.30. The third kappa shape index (κ3) is 0.222. The third-order valence-corrected chi connectivity index (χ3v) is 3.89. The van der Waals surface area contributed by atoms with Crippen molar-refractivity contribution in [1.82, 2.24) is 0 Å². The first-order chi connectivity index (χ1) is 3.88. The Labute approximate surface area is 50.3 Å². The van der Waals surface area contributed by atoms with Crippen molar-refractivity contribution in [3.63, 3.8) is 0 Å². The highest BCUT2D eigenvalue weighted by molar-refractivity contribution is 5.13. The van der Waals surface area contributed by atoms with Crippen LogP contribution in [0.15, 0.2) is 0 Å². The van der Waals surface area contributed by atoms with Gasteiger partial charge in [-0.1, -0.05) is 6.92 Å². The molecule has 4 saturated carbocycles. The molecular weight excluding hydrogens is 96.1 g/mol. The first-order valence-electron chi connectivity index (χ1n) is 3.88. The zero-order valence-electron chi connectivity index (χ0n) is 5.30. The summed E-state index contributed by atoms with van der Waals surface area (Å²) in [6.07, 6.45) is 3.22. The van der Waals surface area contributed by atoms with Crippen molar-refractivity contribution in [3.8, 4) is 0 Å². The van der Waals surface area contributed by atoms with Crippen LogP contribution < -0.4 is 0 Å². The molecule has 0 amide bonds. The second kappa shape index (κ2) is 0.872. The molecule has 0 aromatic heterocycles. The number of hydrogen-bond donors (Lipinski definition) is 0. The van der Waals surface area contributed by atoms with Gasteiger partial charge in [0.05, 0.1) is 0 Å². The summed E-state index contributed by atoms with van der Waals surface area (Å²) in [4.78, 5) is 0. The van der Waals surface area contributed by atoms with Crippen molar-refractivity contribution in [2.75, 3.05) is 0 Å². The smallest absolute Gasteiger partial charge is 0.0349 e. The van der Waals surface area contributed by atoms with Crippen LogP contribution in [-0.4, -0.2) is 0 Å². The molecule has 4 fully saturated rings.